The number of rotatable bonds is 2. The average molecular weight is 235 g/mol. The molecule has 4 N–H and O–H groups in total. The molecule has 1 fully saturated rings. The van der Waals surface area contributed by atoms with E-state index in [0.717, 1.165) is 25.9 Å². The quantitative estimate of drug-likeness (QED) is 0.533. The number of phenolic OH excluding ortho intramolecular Hbond substituents is 1. The van der Waals surface area contributed by atoms with Gasteiger partial charge < -0.3 is 21.1 Å². The van der Waals surface area contributed by atoms with E-state index in [1.54, 1.807) is 17.0 Å². The summed E-state index contributed by atoms with van der Waals surface area (Å²) in [6.45, 7) is 1.93. The van der Waals surface area contributed by atoms with Crippen LogP contribution in [-0.4, -0.2) is 29.1 Å². The van der Waals surface area contributed by atoms with Crippen molar-refractivity contribution >= 4 is 11.7 Å². The third-order valence-electron chi connectivity index (χ3n) is 2.93. The lowest BCUT2D eigenvalue weighted by Gasteiger charge is -2.16. The van der Waals surface area contributed by atoms with Crippen molar-refractivity contribution in [3.8, 4) is 5.75 Å². The van der Waals surface area contributed by atoms with Crippen LogP contribution in [0.3, 0.4) is 0 Å². The molecule has 0 saturated carbocycles. The molecule has 0 unspecified atom stereocenters. The van der Waals surface area contributed by atoms with Gasteiger partial charge in [-0.25, -0.2) is 4.79 Å². The number of hydrogen-bond acceptors (Lipinski definition) is 3. The highest BCUT2D eigenvalue weighted by Crippen LogP contribution is 2.19. The van der Waals surface area contributed by atoms with Gasteiger partial charge in [-0.05, 0) is 31.0 Å². The van der Waals surface area contributed by atoms with Crippen LogP contribution in [0.15, 0.2) is 18.2 Å². The minimum Gasteiger partial charge on any atom is -0.508 e. The Labute approximate surface area is 100 Å². The molecule has 17 heavy (non-hydrogen) atoms. The van der Waals surface area contributed by atoms with Crippen LogP contribution in [0, 0.1) is 0 Å². The zero-order chi connectivity index (χ0) is 12.3. The number of phenols is 1. The smallest absolute Gasteiger partial charge is 0.317 e. The van der Waals surface area contributed by atoms with Crippen molar-refractivity contribution in [3.63, 3.8) is 0 Å². The van der Waals surface area contributed by atoms with Gasteiger partial charge in [0.1, 0.15) is 5.75 Å². The van der Waals surface area contributed by atoms with Gasteiger partial charge in [-0.2, -0.15) is 0 Å². The number of nitrogens with zero attached hydrogens (tertiary/aromatic N) is 1. The summed E-state index contributed by atoms with van der Waals surface area (Å²) in [7, 11) is 0. The third-order valence-corrected chi connectivity index (χ3v) is 2.93. The number of urea groups is 1. The molecule has 0 atom stereocenters. The van der Waals surface area contributed by atoms with E-state index in [-0.39, 0.29) is 11.8 Å². The first kappa shape index (κ1) is 11.6. The SMILES string of the molecule is Nc1ccc(O)c(CNC(=O)N2CCCC2)c1. The predicted octanol–water partition coefficient (Wildman–Crippen LogP) is 1.28. The fraction of sp³-hybridized carbons (Fsp3) is 0.417. The Morgan fingerprint density at radius 3 is 2.82 bits per heavy atom. The minimum absolute atomic E-state index is 0.0793. The van der Waals surface area contributed by atoms with Gasteiger partial charge >= 0.3 is 6.03 Å². The highest BCUT2D eigenvalue weighted by Gasteiger charge is 2.17. The van der Waals surface area contributed by atoms with Crippen molar-refractivity contribution in [3.05, 3.63) is 23.8 Å². The standard InChI is InChI=1S/C12H17N3O2/c13-10-3-4-11(16)9(7-10)8-14-12(17)15-5-1-2-6-15/h3-4,7,16H,1-2,5-6,8,13H2,(H,14,17). The summed E-state index contributed by atoms with van der Waals surface area (Å²) in [5.41, 5.74) is 6.84. The van der Waals surface area contributed by atoms with Crippen molar-refractivity contribution in [2.75, 3.05) is 18.8 Å². The van der Waals surface area contributed by atoms with E-state index in [2.05, 4.69) is 5.32 Å². The summed E-state index contributed by atoms with van der Waals surface area (Å²) in [6, 6.07) is 4.75. The Bertz CT molecular complexity index is 414. The summed E-state index contributed by atoms with van der Waals surface area (Å²) in [5.74, 6) is 0.154. The molecule has 1 aliphatic rings. The predicted molar refractivity (Wildman–Crippen MR) is 65.6 cm³/mol. The molecular formula is C12H17N3O2. The van der Waals surface area contributed by atoms with Crippen LogP contribution in [0.1, 0.15) is 18.4 Å². The first-order valence-corrected chi connectivity index (χ1v) is 5.77. The molecule has 5 heteroatoms. The molecule has 92 valence electrons. The second-order valence-corrected chi connectivity index (χ2v) is 4.24. The Hall–Kier alpha value is -1.91. The van der Waals surface area contributed by atoms with Crippen LogP contribution >= 0.6 is 0 Å². The van der Waals surface area contributed by atoms with Gasteiger partial charge in [-0.15, -0.1) is 0 Å². The molecule has 2 rings (SSSR count). The topological polar surface area (TPSA) is 78.6 Å². The average Bonchev–Trinajstić information content (AvgIpc) is 2.83. The number of anilines is 1. The fourth-order valence-electron chi connectivity index (χ4n) is 1.95. The van der Waals surface area contributed by atoms with Crippen LogP contribution in [-0.2, 0) is 6.54 Å². The third kappa shape index (κ3) is 2.81. The summed E-state index contributed by atoms with van der Waals surface area (Å²) < 4.78 is 0. The Morgan fingerprint density at radius 1 is 1.41 bits per heavy atom. The fourth-order valence-corrected chi connectivity index (χ4v) is 1.95. The van der Waals surface area contributed by atoms with E-state index >= 15 is 0 Å². The van der Waals surface area contributed by atoms with Gasteiger partial charge in [0.05, 0.1) is 0 Å². The highest BCUT2D eigenvalue weighted by molar-refractivity contribution is 5.74. The molecule has 0 aliphatic carbocycles. The molecule has 2 amide bonds. The molecule has 1 aliphatic heterocycles. The molecule has 0 spiro atoms. The molecular weight excluding hydrogens is 218 g/mol. The lowest BCUT2D eigenvalue weighted by Crippen LogP contribution is -2.37. The van der Waals surface area contributed by atoms with Crippen LogP contribution < -0.4 is 11.1 Å². The van der Waals surface area contributed by atoms with E-state index < -0.39 is 0 Å². The van der Waals surface area contributed by atoms with Crippen LogP contribution in [0.5, 0.6) is 5.75 Å². The zero-order valence-electron chi connectivity index (χ0n) is 9.65. The lowest BCUT2D eigenvalue weighted by atomic mass is 10.2. The molecule has 5 nitrogen and oxygen atoms in total. The molecule has 1 aromatic rings. The number of nitrogens with one attached hydrogen (secondary N) is 1. The molecule has 1 aromatic carbocycles. The Morgan fingerprint density at radius 2 is 2.12 bits per heavy atom. The number of nitrogens with two attached hydrogens (primary N) is 1. The first-order valence-electron chi connectivity index (χ1n) is 5.77. The molecule has 0 aromatic heterocycles. The van der Waals surface area contributed by atoms with Gasteiger partial charge in [0.15, 0.2) is 0 Å². The second-order valence-electron chi connectivity index (χ2n) is 4.24. The highest BCUT2D eigenvalue weighted by atomic mass is 16.3. The van der Waals surface area contributed by atoms with Crippen LogP contribution in [0.4, 0.5) is 10.5 Å². The van der Waals surface area contributed by atoms with Crippen molar-refractivity contribution < 1.29 is 9.90 Å². The monoisotopic (exact) mass is 235 g/mol. The Balaban J connectivity index is 1.92. The van der Waals surface area contributed by atoms with Crippen molar-refractivity contribution in [1.29, 1.82) is 0 Å². The maximum Gasteiger partial charge on any atom is 0.317 e. The van der Waals surface area contributed by atoms with E-state index in [1.165, 1.54) is 6.07 Å². The molecule has 0 bridgehead atoms. The second kappa shape index (κ2) is 4.95. The number of hydrogen-bond donors (Lipinski definition) is 3. The summed E-state index contributed by atoms with van der Waals surface area (Å²) in [4.78, 5) is 13.5. The number of likely N-dealkylation sites (tertiary alicyclic amines) is 1. The summed E-state index contributed by atoms with van der Waals surface area (Å²) in [6.07, 6.45) is 2.13. The van der Waals surface area contributed by atoms with Gasteiger partial charge in [0.25, 0.3) is 0 Å². The number of carbonyl (C=O) groups is 1. The maximum atomic E-state index is 11.7. The zero-order valence-corrected chi connectivity index (χ0v) is 9.65. The van der Waals surface area contributed by atoms with E-state index in [4.69, 9.17) is 5.73 Å². The number of carbonyl (C=O) groups excluding carboxylic acids is 1. The van der Waals surface area contributed by atoms with Gasteiger partial charge in [0.2, 0.25) is 0 Å². The maximum absolute atomic E-state index is 11.7. The van der Waals surface area contributed by atoms with Crippen LogP contribution in [0.2, 0.25) is 0 Å². The summed E-state index contributed by atoms with van der Waals surface area (Å²) in [5, 5.41) is 12.4. The minimum atomic E-state index is -0.0793. The van der Waals surface area contributed by atoms with Crippen LogP contribution in [0.25, 0.3) is 0 Å². The molecule has 1 heterocycles. The molecule has 1 saturated heterocycles. The Kier molecular flexibility index (Phi) is 3.37. The molecule has 0 radical (unpaired) electrons. The van der Waals surface area contributed by atoms with E-state index in [1.807, 2.05) is 0 Å². The van der Waals surface area contributed by atoms with Crippen molar-refractivity contribution in [1.82, 2.24) is 10.2 Å². The van der Waals surface area contributed by atoms with Crippen molar-refractivity contribution in [2.24, 2.45) is 0 Å². The number of nitrogen functional groups attached to an aromatic ring is 1. The first-order chi connectivity index (χ1) is 8.16. The van der Waals surface area contributed by atoms with Gasteiger partial charge in [-0.1, -0.05) is 0 Å². The largest absolute Gasteiger partial charge is 0.508 e. The van der Waals surface area contributed by atoms with E-state index in [9.17, 15) is 9.90 Å². The number of aromatic hydroxyl groups is 1. The summed E-state index contributed by atoms with van der Waals surface area (Å²) >= 11 is 0. The van der Waals surface area contributed by atoms with Gasteiger partial charge in [0, 0.05) is 30.9 Å². The van der Waals surface area contributed by atoms with Gasteiger partial charge in [-0.3, -0.25) is 0 Å². The normalized spacial score (nSPS) is 14.9. The van der Waals surface area contributed by atoms with Crippen molar-refractivity contribution in [2.45, 2.75) is 19.4 Å². The number of benzene rings is 1. The number of amides is 2. The van der Waals surface area contributed by atoms with E-state index in [0.29, 0.717) is 17.8 Å². The lowest BCUT2D eigenvalue weighted by molar-refractivity contribution is 0.208.